The van der Waals surface area contributed by atoms with E-state index in [9.17, 15) is 0 Å². The van der Waals surface area contributed by atoms with Crippen molar-refractivity contribution in [2.75, 3.05) is 0 Å². The lowest BCUT2D eigenvalue weighted by molar-refractivity contribution is 0.00578. The fraction of sp³-hybridized carbons (Fsp3) is 0.0811. The number of para-hydroxylation sites is 4. The summed E-state index contributed by atoms with van der Waals surface area (Å²) in [5.41, 5.74) is 10.8. The van der Waals surface area contributed by atoms with E-state index in [0.717, 1.165) is 9.94 Å². The van der Waals surface area contributed by atoms with E-state index in [2.05, 4.69) is 283 Å². The third kappa shape index (κ3) is 7.09. The number of hydrogen-bond donors (Lipinski definition) is 0. The fourth-order valence-corrected chi connectivity index (χ4v) is 16.2. The second-order valence-electron chi connectivity index (χ2n) is 23.1. The van der Waals surface area contributed by atoms with Crippen molar-refractivity contribution in [1.29, 1.82) is 0 Å². The molecule has 1 aliphatic heterocycles. The number of nitrogens with zero attached hydrogens (tertiary/aromatic N) is 2. The number of rotatable bonds is 2. The van der Waals surface area contributed by atoms with Gasteiger partial charge in [-0.1, -0.05) is 186 Å². The summed E-state index contributed by atoms with van der Waals surface area (Å²) in [6, 6.07) is 84.1. The molecule has 1 aliphatic rings. The minimum Gasteiger partial charge on any atom is -0.399 e. The lowest BCUT2D eigenvalue weighted by Crippen LogP contribution is -2.41. The van der Waals surface area contributed by atoms with Gasteiger partial charge < -0.3 is 18.1 Å². The first-order valence-corrected chi connectivity index (χ1v) is 30.5. The maximum Gasteiger partial charge on any atom is 0.494 e. The molecular formula is C74H50BBrN2O2S2. The molecule has 0 bridgehead atoms. The normalized spacial score (nSPS) is 14.5. The Balaban J connectivity index is 0.000000102. The number of fused-ring (bicyclic) bond motifs is 22. The molecule has 1 saturated heterocycles. The largest absolute Gasteiger partial charge is 0.494 e. The molecule has 82 heavy (non-hydrogen) atoms. The minimum absolute atomic E-state index is 0.317. The Bertz CT molecular complexity index is 5630. The van der Waals surface area contributed by atoms with Crippen LogP contribution in [0.3, 0.4) is 0 Å². The summed E-state index contributed by atoms with van der Waals surface area (Å²) in [6.45, 7) is 8.37. The van der Waals surface area contributed by atoms with Crippen LogP contribution in [0.2, 0.25) is 0 Å². The molecule has 0 unspecified atom stereocenters. The van der Waals surface area contributed by atoms with Crippen LogP contribution in [-0.4, -0.2) is 27.1 Å². The van der Waals surface area contributed by atoms with E-state index in [0.29, 0.717) is 0 Å². The van der Waals surface area contributed by atoms with Crippen molar-refractivity contribution in [3.8, 4) is 11.1 Å². The van der Waals surface area contributed by atoms with E-state index in [1.165, 1.54) is 149 Å². The number of benzene rings is 12. The van der Waals surface area contributed by atoms with Crippen LogP contribution in [0, 0.1) is 0 Å². The number of thiophene rings is 2. The van der Waals surface area contributed by atoms with Gasteiger partial charge in [-0.05, 0) is 126 Å². The van der Waals surface area contributed by atoms with E-state index >= 15 is 0 Å². The summed E-state index contributed by atoms with van der Waals surface area (Å²) >= 11 is 7.35. The highest BCUT2D eigenvalue weighted by atomic mass is 79.9. The van der Waals surface area contributed by atoms with Gasteiger partial charge in [0, 0.05) is 87.9 Å². The lowest BCUT2D eigenvalue weighted by atomic mass is 9.78. The topological polar surface area (TPSA) is 27.3 Å². The monoisotopic (exact) mass is 1150 g/mol. The van der Waals surface area contributed by atoms with E-state index in [-0.39, 0.29) is 18.3 Å². The Morgan fingerprint density at radius 1 is 0.341 bits per heavy atom. The Kier molecular flexibility index (Phi) is 10.5. The highest BCUT2D eigenvalue weighted by Gasteiger charge is 2.51. The third-order valence-electron chi connectivity index (χ3n) is 18.0. The van der Waals surface area contributed by atoms with Crippen LogP contribution in [0.25, 0.3) is 149 Å². The highest BCUT2D eigenvalue weighted by molar-refractivity contribution is 9.10. The molecule has 0 radical (unpaired) electrons. The van der Waals surface area contributed by atoms with Crippen molar-refractivity contribution in [3.05, 3.63) is 235 Å². The highest BCUT2D eigenvalue weighted by Crippen LogP contribution is 2.45. The molecule has 6 aromatic heterocycles. The smallest absolute Gasteiger partial charge is 0.399 e. The predicted molar refractivity (Wildman–Crippen MR) is 358 cm³/mol. The molecule has 12 aromatic carbocycles. The van der Waals surface area contributed by atoms with Gasteiger partial charge in [0.25, 0.3) is 0 Å². The summed E-state index contributed by atoms with van der Waals surface area (Å²) in [5.74, 6) is 0. The zero-order chi connectivity index (χ0) is 54.8. The molecule has 0 spiro atoms. The lowest BCUT2D eigenvalue weighted by Gasteiger charge is -2.32. The second-order valence-corrected chi connectivity index (χ2v) is 26.1. The van der Waals surface area contributed by atoms with Crippen LogP contribution in [0.5, 0.6) is 0 Å². The molecule has 390 valence electrons. The number of aromatic nitrogens is 2. The molecule has 0 N–H and O–H groups in total. The van der Waals surface area contributed by atoms with Gasteiger partial charge in [-0.2, -0.15) is 0 Å². The van der Waals surface area contributed by atoms with Crippen molar-refractivity contribution in [3.63, 3.8) is 0 Å². The molecule has 0 aliphatic carbocycles. The van der Waals surface area contributed by atoms with Gasteiger partial charge in [-0.3, -0.25) is 0 Å². The molecule has 0 amide bonds. The zero-order valence-corrected chi connectivity index (χ0v) is 48.6. The second kappa shape index (κ2) is 17.8. The Morgan fingerprint density at radius 2 is 0.756 bits per heavy atom. The van der Waals surface area contributed by atoms with Crippen LogP contribution in [-0.2, 0) is 9.31 Å². The van der Waals surface area contributed by atoms with E-state index < -0.39 is 0 Å². The molecule has 4 nitrogen and oxygen atoms in total. The van der Waals surface area contributed by atoms with Crippen molar-refractivity contribution in [2.24, 2.45) is 0 Å². The van der Waals surface area contributed by atoms with Gasteiger partial charge in [-0.25, -0.2) is 0 Å². The van der Waals surface area contributed by atoms with Crippen molar-refractivity contribution >= 4 is 189 Å². The van der Waals surface area contributed by atoms with E-state index in [1.54, 1.807) is 0 Å². The van der Waals surface area contributed by atoms with E-state index in [1.807, 2.05) is 22.7 Å². The number of hydrogen-bond acceptors (Lipinski definition) is 4. The van der Waals surface area contributed by atoms with Crippen LogP contribution in [0.4, 0.5) is 0 Å². The quantitative estimate of drug-likeness (QED) is 0.161. The van der Waals surface area contributed by atoms with Crippen molar-refractivity contribution in [2.45, 2.75) is 38.9 Å². The standard InChI is InChI=1S/C34H19NS.C22H21BO2S.C18H10BrN/c1-3-10-30-24(6-1)26-8-5-9-27-29-19-21(14-17-31(29)35(30)33(26)27)20-12-15-23-22(18-20)13-16-28-25-7-2-4-11-32(25)36-34(23)28;1-21(2)22(3,4)25-23(24-21)15-10-12-16-14(13-15)9-11-18-17-7-5-6-8-19(17)26-20(16)18;19-11-8-9-17-15(10-11)14-6-3-5-13-12-4-1-2-7-16(12)20(17)18(13)14/h1-19H;5-13H,1-4H3;1-10H. The summed E-state index contributed by atoms with van der Waals surface area (Å²) in [7, 11) is -0.317. The summed E-state index contributed by atoms with van der Waals surface area (Å²) < 4.78 is 23.8. The molecule has 19 rings (SSSR count). The van der Waals surface area contributed by atoms with Crippen LogP contribution in [0.1, 0.15) is 27.7 Å². The molecule has 0 atom stereocenters. The van der Waals surface area contributed by atoms with Gasteiger partial charge in [0.1, 0.15) is 0 Å². The fourth-order valence-electron chi connectivity index (χ4n) is 13.4. The third-order valence-corrected chi connectivity index (χ3v) is 20.9. The Morgan fingerprint density at radius 3 is 1.33 bits per heavy atom. The molecule has 7 heterocycles. The predicted octanol–water partition coefficient (Wildman–Crippen LogP) is 21.1. The first-order valence-electron chi connectivity index (χ1n) is 28.1. The molecule has 0 saturated carbocycles. The van der Waals surface area contributed by atoms with Crippen LogP contribution in [0.15, 0.2) is 235 Å². The minimum atomic E-state index is -0.317. The molecule has 8 heteroatoms. The van der Waals surface area contributed by atoms with Crippen molar-refractivity contribution in [1.82, 2.24) is 8.80 Å². The van der Waals surface area contributed by atoms with Crippen LogP contribution >= 0.6 is 38.6 Å². The summed E-state index contributed by atoms with van der Waals surface area (Å²) in [5, 5.41) is 21.2. The Labute approximate surface area is 488 Å². The molecular weight excluding hydrogens is 1100 g/mol. The molecule has 18 aromatic rings. The van der Waals surface area contributed by atoms with Gasteiger partial charge >= 0.3 is 7.12 Å². The first-order chi connectivity index (χ1) is 40.0. The van der Waals surface area contributed by atoms with Gasteiger partial charge in [-0.15, -0.1) is 22.7 Å². The van der Waals surface area contributed by atoms with Crippen molar-refractivity contribution < 1.29 is 9.31 Å². The average molecular weight is 1150 g/mol. The van der Waals surface area contributed by atoms with Gasteiger partial charge in [0.15, 0.2) is 0 Å². The SMILES string of the molecule is Brc1ccc2c(c1)c1cccc3c4ccccc4n2c31.CC1(C)OB(c2ccc3c(ccc4c5ccccc5sc34)c2)OC1(C)C.c1ccc2c(c1)sc1c3ccc(-c4ccc5c(c4)c4cccc6c7ccccc7n5c64)cc3ccc21. The molecule has 1 fully saturated rings. The average Bonchev–Trinajstić information content (AvgIpc) is 2.36. The maximum atomic E-state index is 6.21. The number of halogens is 1. The maximum absolute atomic E-state index is 6.21. The first kappa shape index (κ1) is 48.4. The van der Waals surface area contributed by atoms with E-state index in [4.69, 9.17) is 9.31 Å². The summed E-state index contributed by atoms with van der Waals surface area (Å²) in [6.07, 6.45) is 0. The van der Waals surface area contributed by atoms with Gasteiger partial charge in [0.05, 0.1) is 44.3 Å². The zero-order valence-electron chi connectivity index (χ0n) is 45.4. The Hall–Kier alpha value is -8.34. The van der Waals surface area contributed by atoms with Gasteiger partial charge in [0.2, 0.25) is 0 Å². The van der Waals surface area contributed by atoms with Crippen LogP contribution < -0.4 is 5.46 Å². The summed E-state index contributed by atoms with van der Waals surface area (Å²) in [4.78, 5) is 0.